The Kier molecular flexibility index (Phi) is 5.78. The van der Waals surface area contributed by atoms with Gasteiger partial charge >= 0.3 is 11.9 Å². The van der Waals surface area contributed by atoms with E-state index in [4.69, 9.17) is 25.7 Å². The zero-order valence-electron chi connectivity index (χ0n) is 13.9. The fraction of sp³-hybridized carbons (Fsp3) is 0.235. The third-order valence-electron chi connectivity index (χ3n) is 3.11. The number of benzene rings is 1. The molecule has 0 unspecified atom stereocenters. The summed E-state index contributed by atoms with van der Waals surface area (Å²) in [5.41, 5.74) is 12.1. The minimum absolute atomic E-state index is 0.0413. The topological polar surface area (TPSA) is 127 Å². The highest BCUT2D eigenvalue weighted by Crippen LogP contribution is 2.26. The molecule has 0 amide bonds. The molecular weight excluding hydrogens is 326 g/mol. The van der Waals surface area contributed by atoms with Crippen LogP contribution < -0.4 is 16.2 Å². The van der Waals surface area contributed by atoms with Gasteiger partial charge in [0.25, 0.3) is 0 Å². The van der Waals surface area contributed by atoms with E-state index >= 15 is 0 Å². The molecule has 0 atom stereocenters. The van der Waals surface area contributed by atoms with Crippen LogP contribution in [0.25, 0.3) is 0 Å². The Labute approximate surface area is 144 Å². The van der Waals surface area contributed by atoms with Crippen LogP contribution in [0.4, 0.5) is 11.4 Å². The molecule has 1 heterocycles. The van der Waals surface area contributed by atoms with Gasteiger partial charge in [-0.15, -0.1) is 0 Å². The molecule has 8 nitrogen and oxygen atoms in total. The Morgan fingerprint density at radius 3 is 2.28 bits per heavy atom. The van der Waals surface area contributed by atoms with Crippen LogP contribution in [-0.4, -0.2) is 30.1 Å². The molecule has 0 aliphatic rings. The summed E-state index contributed by atoms with van der Waals surface area (Å²) in [6, 6.07) is 7.51. The van der Waals surface area contributed by atoms with Gasteiger partial charge < -0.3 is 25.7 Å². The van der Waals surface area contributed by atoms with Crippen molar-refractivity contribution in [1.82, 2.24) is 4.98 Å². The molecule has 1 aromatic heterocycles. The molecule has 132 valence electrons. The van der Waals surface area contributed by atoms with E-state index < -0.39 is 11.9 Å². The zero-order valence-corrected chi connectivity index (χ0v) is 13.9. The van der Waals surface area contributed by atoms with Crippen molar-refractivity contribution in [2.45, 2.75) is 13.8 Å². The summed E-state index contributed by atoms with van der Waals surface area (Å²) in [6.07, 6.45) is 0. The van der Waals surface area contributed by atoms with E-state index in [9.17, 15) is 9.59 Å². The van der Waals surface area contributed by atoms with Gasteiger partial charge in [0.1, 0.15) is 5.75 Å². The summed E-state index contributed by atoms with van der Waals surface area (Å²) < 4.78 is 15.4. The monoisotopic (exact) mass is 345 g/mol. The number of carbonyl (C=O) groups is 2. The molecule has 0 spiro atoms. The van der Waals surface area contributed by atoms with E-state index in [0.29, 0.717) is 5.75 Å². The standard InChI is InChI=1S/C17H19N3O5/c1-3-23-16(21)11-9-10(5-6-12(11)18)25-14-8-7-13(19)15(20-14)17(22)24-4-2/h5-9H,3-4,18-19H2,1-2H3. The van der Waals surface area contributed by atoms with Crippen LogP contribution in [0.1, 0.15) is 34.7 Å². The van der Waals surface area contributed by atoms with Crippen LogP contribution in [0.2, 0.25) is 0 Å². The largest absolute Gasteiger partial charge is 0.462 e. The van der Waals surface area contributed by atoms with Gasteiger partial charge in [0.05, 0.1) is 24.5 Å². The first-order chi connectivity index (χ1) is 12.0. The number of anilines is 2. The lowest BCUT2D eigenvalue weighted by atomic mass is 10.1. The Balaban J connectivity index is 2.28. The molecule has 0 aliphatic heterocycles. The quantitative estimate of drug-likeness (QED) is 0.603. The van der Waals surface area contributed by atoms with E-state index in [2.05, 4.69) is 4.98 Å². The smallest absolute Gasteiger partial charge is 0.359 e. The summed E-state index contributed by atoms with van der Waals surface area (Å²) in [5.74, 6) is -0.765. The van der Waals surface area contributed by atoms with E-state index in [1.165, 1.54) is 24.3 Å². The number of aromatic nitrogens is 1. The van der Waals surface area contributed by atoms with Crippen molar-refractivity contribution in [3.63, 3.8) is 0 Å². The van der Waals surface area contributed by atoms with Crippen LogP contribution in [0.3, 0.4) is 0 Å². The van der Waals surface area contributed by atoms with Crippen molar-refractivity contribution in [2.75, 3.05) is 24.7 Å². The van der Waals surface area contributed by atoms with Crippen molar-refractivity contribution in [2.24, 2.45) is 0 Å². The van der Waals surface area contributed by atoms with Gasteiger partial charge in [-0.05, 0) is 38.1 Å². The average Bonchev–Trinajstić information content (AvgIpc) is 2.58. The SMILES string of the molecule is CCOC(=O)c1cc(Oc2ccc(N)c(C(=O)OCC)n2)ccc1N. The lowest BCUT2D eigenvalue weighted by molar-refractivity contribution is 0.0514. The second kappa shape index (κ2) is 8.00. The van der Waals surface area contributed by atoms with Crippen LogP contribution >= 0.6 is 0 Å². The third-order valence-corrected chi connectivity index (χ3v) is 3.11. The Hall–Kier alpha value is -3.29. The first-order valence-electron chi connectivity index (χ1n) is 7.64. The fourth-order valence-corrected chi connectivity index (χ4v) is 1.98. The molecule has 0 aliphatic carbocycles. The number of rotatable bonds is 6. The highest BCUT2D eigenvalue weighted by molar-refractivity contribution is 5.95. The maximum Gasteiger partial charge on any atom is 0.359 e. The second-order valence-corrected chi connectivity index (χ2v) is 4.88. The lowest BCUT2D eigenvalue weighted by Gasteiger charge is -2.10. The van der Waals surface area contributed by atoms with E-state index in [1.807, 2.05) is 0 Å². The number of nitrogens with zero attached hydrogens (tertiary/aromatic N) is 1. The van der Waals surface area contributed by atoms with Gasteiger partial charge in [0.15, 0.2) is 5.69 Å². The van der Waals surface area contributed by atoms with Gasteiger partial charge in [-0.3, -0.25) is 0 Å². The number of hydrogen-bond acceptors (Lipinski definition) is 8. The molecule has 8 heteroatoms. The highest BCUT2D eigenvalue weighted by Gasteiger charge is 2.16. The van der Waals surface area contributed by atoms with E-state index in [1.54, 1.807) is 19.9 Å². The summed E-state index contributed by atoms with van der Waals surface area (Å²) in [6.45, 7) is 3.81. The molecule has 25 heavy (non-hydrogen) atoms. The molecule has 0 bridgehead atoms. The van der Waals surface area contributed by atoms with Crippen LogP contribution in [-0.2, 0) is 9.47 Å². The van der Waals surface area contributed by atoms with Gasteiger partial charge in [-0.1, -0.05) is 0 Å². The number of esters is 2. The Bertz CT molecular complexity index is 726. The Morgan fingerprint density at radius 2 is 1.60 bits per heavy atom. The molecule has 0 radical (unpaired) electrons. The van der Waals surface area contributed by atoms with Crippen molar-refractivity contribution in [3.8, 4) is 11.6 Å². The van der Waals surface area contributed by atoms with Gasteiger partial charge in [0.2, 0.25) is 5.88 Å². The van der Waals surface area contributed by atoms with Crippen LogP contribution in [0, 0.1) is 0 Å². The number of carbonyl (C=O) groups excluding carboxylic acids is 2. The van der Waals surface area contributed by atoms with Crippen molar-refractivity contribution in [3.05, 3.63) is 41.6 Å². The van der Waals surface area contributed by atoms with Crippen molar-refractivity contribution >= 4 is 23.3 Å². The summed E-state index contributed by atoms with van der Waals surface area (Å²) >= 11 is 0. The maximum absolute atomic E-state index is 11.9. The normalized spacial score (nSPS) is 10.2. The highest BCUT2D eigenvalue weighted by atomic mass is 16.5. The first kappa shape index (κ1) is 18.1. The average molecular weight is 345 g/mol. The zero-order chi connectivity index (χ0) is 18.4. The summed E-state index contributed by atoms with van der Waals surface area (Å²) in [4.78, 5) is 27.8. The van der Waals surface area contributed by atoms with Crippen molar-refractivity contribution in [1.29, 1.82) is 0 Å². The van der Waals surface area contributed by atoms with E-state index in [0.717, 1.165) is 0 Å². The van der Waals surface area contributed by atoms with Gasteiger partial charge in [-0.25, -0.2) is 14.6 Å². The number of pyridine rings is 1. The third kappa shape index (κ3) is 4.37. The molecule has 2 aromatic rings. The molecule has 0 fully saturated rings. The number of nitrogens with two attached hydrogens (primary N) is 2. The molecule has 1 aromatic carbocycles. The summed E-state index contributed by atoms with van der Waals surface area (Å²) in [5, 5.41) is 0. The van der Waals surface area contributed by atoms with Crippen LogP contribution in [0.5, 0.6) is 11.6 Å². The maximum atomic E-state index is 11.9. The lowest BCUT2D eigenvalue weighted by Crippen LogP contribution is -2.11. The molecule has 0 saturated carbocycles. The van der Waals surface area contributed by atoms with Gasteiger partial charge in [0, 0.05) is 11.8 Å². The first-order valence-corrected chi connectivity index (χ1v) is 7.64. The predicted molar refractivity (Wildman–Crippen MR) is 91.5 cm³/mol. The van der Waals surface area contributed by atoms with Crippen molar-refractivity contribution < 1.29 is 23.8 Å². The fourth-order valence-electron chi connectivity index (χ4n) is 1.98. The minimum atomic E-state index is -0.644. The second-order valence-electron chi connectivity index (χ2n) is 4.88. The minimum Gasteiger partial charge on any atom is -0.462 e. The molecule has 0 saturated heterocycles. The molecule has 4 N–H and O–H groups in total. The molecule has 2 rings (SSSR count). The number of ether oxygens (including phenoxy) is 3. The Morgan fingerprint density at radius 1 is 0.960 bits per heavy atom. The summed E-state index contributed by atoms with van der Waals surface area (Å²) in [7, 11) is 0. The number of hydrogen-bond donors (Lipinski definition) is 2. The number of nitrogen functional groups attached to an aromatic ring is 2. The van der Waals surface area contributed by atoms with Gasteiger partial charge in [-0.2, -0.15) is 0 Å². The van der Waals surface area contributed by atoms with E-state index in [-0.39, 0.29) is 41.7 Å². The van der Waals surface area contributed by atoms with Crippen LogP contribution in [0.15, 0.2) is 30.3 Å². The molecular formula is C17H19N3O5. The predicted octanol–water partition coefficient (Wildman–Crippen LogP) is 2.39.